The molecule has 1 aromatic heterocycles. The smallest absolute Gasteiger partial charge is 0.310 e. The molecular formula is C12H17NO3. The second-order valence-electron chi connectivity index (χ2n) is 4.05. The molecule has 1 fully saturated rings. The second kappa shape index (κ2) is 4.70. The molecule has 2 unspecified atom stereocenters. The summed E-state index contributed by atoms with van der Waals surface area (Å²) in [5.41, 5.74) is 0. The number of hydrogen-bond donors (Lipinski definition) is 1. The number of esters is 1. The number of ether oxygens (including phenoxy) is 1. The summed E-state index contributed by atoms with van der Waals surface area (Å²) < 4.78 is 10.5. The van der Waals surface area contributed by atoms with E-state index in [0.29, 0.717) is 6.54 Å². The Morgan fingerprint density at radius 3 is 3.00 bits per heavy atom. The van der Waals surface area contributed by atoms with E-state index in [1.807, 2.05) is 19.1 Å². The standard InChI is InChI=1S/C12H17NO3/c1-3-8-4-5-11(16-8)9-6-13-7-10(9)12(14)15-2/h4-5,9-10,13H,3,6-7H2,1-2H3. The third kappa shape index (κ3) is 1.97. The van der Waals surface area contributed by atoms with Gasteiger partial charge in [-0.2, -0.15) is 0 Å². The lowest BCUT2D eigenvalue weighted by Gasteiger charge is -2.13. The molecule has 1 aliphatic heterocycles. The van der Waals surface area contributed by atoms with Crippen molar-refractivity contribution in [2.75, 3.05) is 20.2 Å². The number of aryl methyl sites for hydroxylation is 1. The highest BCUT2D eigenvalue weighted by Gasteiger charge is 2.36. The number of hydrogen-bond acceptors (Lipinski definition) is 4. The van der Waals surface area contributed by atoms with Gasteiger partial charge in [-0.15, -0.1) is 0 Å². The molecular weight excluding hydrogens is 206 g/mol. The SMILES string of the molecule is CCc1ccc(C2CNCC2C(=O)OC)o1. The van der Waals surface area contributed by atoms with Gasteiger partial charge in [-0.25, -0.2) is 0 Å². The number of carbonyl (C=O) groups excluding carboxylic acids is 1. The van der Waals surface area contributed by atoms with E-state index in [4.69, 9.17) is 9.15 Å². The van der Waals surface area contributed by atoms with E-state index >= 15 is 0 Å². The van der Waals surface area contributed by atoms with Gasteiger partial charge < -0.3 is 14.5 Å². The first-order valence-electron chi connectivity index (χ1n) is 5.63. The van der Waals surface area contributed by atoms with Crippen molar-refractivity contribution in [3.05, 3.63) is 23.7 Å². The molecule has 2 heterocycles. The maximum absolute atomic E-state index is 11.6. The van der Waals surface area contributed by atoms with Crippen molar-refractivity contribution in [1.82, 2.24) is 5.32 Å². The van der Waals surface area contributed by atoms with Crippen LogP contribution in [0.3, 0.4) is 0 Å². The summed E-state index contributed by atoms with van der Waals surface area (Å²) in [6.07, 6.45) is 0.878. The molecule has 0 saturated carbocycles. The van der Waals surface area contributed by atoms with Crippen LogP contribution in [0.1, 0.15) is 24.4 Å². The van der Waals surface area contributed by atoms with Crippen LogP contribution in [0.25, 0.3) is 0 Å². The van der Waals surface area contributed by atoms with Gasteiger partial charge in [0.15, 0.2) is 0 Å². The Morgan fingerprint density at radius 2 is 2.38 bits per heavy atom. The molecule has 88 valence electrons. The van der Waals surface area contributed by atoms with Crippen LogP contribution in [0.4, 0.5) is 0 Å². The van der Waals surface area contributed by atoms with Crippen molar-refractivity contribution in [2.24, 2.45) is 5.92 Å². The second-order valence-corrected chi connectivity index (χ2v) is 4.05. The highest BCUT2D eigenvalue weighted by molar-refractivity contribution is 5.74. The van der Waals surface area contributed by atoms with Gasteiger partial charge in [-0.05, 0) is 12.1 Å². The zero-order valence-corrected chi connectivity index (χ0v) is 9.66. The fourth-order valence-electron chi connectivity index (χ4n) is 2.16. The van der Waals surface area contributed by atoms with Gasteiger partial charge in [0.25, 0.3) is 0 Å². The third-order valence-corrected chi connectivity index (χ3v) is 3.11. The van der Waals surface area contributed by atoms with Crippen LogP contribution in [-0.4, -0.2) is 26.2 Å². The van der Waals surface area contributed by atoms with Gasteiger partial charge in [-0.3, -0.25) is 4.79 Å². The molecule has 0 radical (unpaired) electrons. The van der Waals surface area contributed by atoms with E-state index in [2.05, 4.69) is 5.32 Å². The molecule has 16 heavy (non-hydrogen) atoms. The summed E-state index contributed by atoms with van der Waals surface area (Å²) in [4.78, 5) is 11.6. The van der Waals surface area contributed by atoms with E-state index in [9.17, 15) is 4.79 Å². The zero-order valence-electron chi connectivity index (χ0n) is 9.66. The lowest BCUT2D eigenvalue weighted by atomic mass is 9.94. The van der Waals surface area contributed by atoms with Crippen molar-refractivity contribution < 1.29 is 13.9 Å². The predicted octanol–water partition coefficient (Wildman–Crippen LogP) is 1.32. The zero-order chi connectivity index (χ0) is 11.5. The van der Waals surface area contributed by atoms with Crippen LogP contribution in [0.2, 0.25) is 0 Å². The first-order chi connectivity index (χ1) is 7.76. The van der Waals surface area contributed by atoms with Gasteiger partial charge in [0.05, 0.1) is 13.0 Å². The Kier molecular flexibility index (Phi) is 3.29. The minimum atomic E-state index is -0.163. The van der Waals surface area contributed by atoms with Crippen molar-refractivity contribution in [3.63, 3.8) is 0 Å². The molecule has 0 spiro atoms. The lowest BCUT2D eigenvalue weighted by Crippen LogP contribution is -2.22. The lowest BCUT2D eigenvalue weighted by molar-refractivity contribution is -0.145. The number of carbonyl (C=O) groups is 1. The highest BCUT2D eigenvalue weighted by atomic mass is 16.5. The quantitative estimate of drug-likeness (QED) is 0.785. The number of nitrogens with one attached hydrogen (secondary N) is 1. The largest absolute Gasteiger partial charge is 0.469 e. The molecule has 4 nitrogen and oxygen atoms in total. The van der Waals surface area contributed by atoms with Crippen molar-refractivity contribution in [2.45, 2.75) is 19.3 Å². The van der Waals surface area contributed by atoms with E-state index < -0.39 is 0 Å². The maximum Gasteiger partial charge on any atom is 0.310 e. The summed E-state index contributed by atoms with van der Waals surface area (Å²) in [5.74, 6) is 1.67. The van der Waals surface area contributed by atoms with Crippen LogP contribution in [-0.2, 0) is 16.0 Å². The molecule has 0 bridgehead atoms. The Balaban J connectivity index is 2.16. The topological polar surface area (TPSA) is 51.5 Å². The van der Waals surface area contributed by atoms with Crippen LogP contribution in [0.15, 0.2) is 16.5 Å². The maximum atomic E-state index is 11.6. The Hall–Kier alpha value is -1.29. The van der Waals surface area contributed by atoms with Crippen LogP contribution in [0, 0.1) is 5.92 Å². The average Bonchev–Trinajstić information content (AvgIpc) is 2.95. The minimum Gasteiger partial charge on any atom is -0.469 e. The molecule has 1 N–H and O–H groups in total. The van der Waals surface area contributed by atoms with Gasteiger partial charge in [0, 0.05) is 25.4 Å². The van der Waals surface area contributed by atoms with Crippen LogP contribution in [0.5, 0.6) is 0 Å². The fraction of sp³-hybridized carbons (Fsp3) is 0.583. The van der Waals surface area contributed by atoms with Crippen LogP contribution < -0.4 is 5.32 Å². The average molecular weight is 223 g/mol. The first kappa shape index (κ1) is 11.2. The Labute approximate surface area is 95.0 Å². The van der Waals surface area contributed by atoms with Gasteiger partial charge in [-0.1, -0.05) is 6.92 Å². The molecule has 2 atom stereocenters. The molecule has 0 aromatic carbocycles. The fourth-order valence-corrected chi connectivity index (χ4v) is 2.16. The number of rotatable bonds is 3. The molecule has 1 aliphatic rings. The van der Waals surface area contributed by atoms with Crippen molar-refractivity contribution in [1.29, 1.82) is 0 Å². The summed E-state index contributed by atoms with van der Waals surface area (Å²) in [5, 5.41) is 3.20. The van der Waals surface area contributed by atoms with Crippen molar-refractivity contribution in [3.8, 4) is 0 Å². The predicted molar refractivity (Wildman–Crippen MR) is 59.2 cm³/mol. The van der Waals surface area contributed by atoms with Gasteiger partial charge >= 0.3 is 5.97 Å². The first-order valence-corrected chi connectivity index (χ1v) is 5.63. The monoisotopic (exact) mass is 223 g/mol. The van der Waals surface area contributed by atoms with E-state index in [0.717, 1.165) is 24.5 Å². The molecule has 1 saturated heterocycles. The van der Waals surface area contributed by atoms with E-state index in [1.54, 1.807) is 0 Å². The van der Waals surface area contributed by atoms with Gasteiger partial charge in [0.2, 0.25) is 0 Å². The summed E-state index contributed by atoms with van der Waals surface area (Å²) in [6.45, 7) is 3.49. The molecule has 2 rings (SSSR count). The molecule has 1 aromatic rings. The number of methoxy groups -OCH3 is 1. The summed E-state index contributed by atoms with van der Waals surface area (Å²) in [7, 11) is 1.43. The number of furan rings is 1. The Bertz CT molecular complexity index is 372. The highest BCUT2D eigenvalue weighted by Crippen LogP contribution is 2.30. The molecule has 4 heteroatoms. The molecule has 0 amide bonds. The Morgan fingerprint density at radius 1 is 1.56 bits per heavy atom. The van der Waals surface area contributed by atoms with Gasteiger partial charge in [0.1, 0.15) is 11.5 Å². The summed E-state index contributed by atoms with van der Waals surface area (Å²) in [6, 6.07) is 3.94. The van der Waals surface area contributed by atoms with Crippen molar-refractivity contribution >= 4 is 5.97 Å². The normalized spacial score (nSPS) is 24.6. The summed E-state index contributed by atoms with van der Waals surface area (Å²) >= 11 is 0. The van der Waals surface area contributed by atoms with E-state index in [1.165, 1.54) is 7.11 Å². The third-order valence-electron chi connectivity index (χ3n) is 3.11. The van der Waals surface area contributed by atoms with E-state index in [-0.39, 0.29) is 17.8 Å². The minimum absolute atomic E-state index is 0.104. The molecule has 0 aliphatic carbocycles. The van der Waals surface area contributed by atoms with Crippen LogP contribution >= 0.6 is 0 Å².